The molecule has 0 aromatic rings. The summed E-state index contributed by atoms with van der Waals surface area (Å²) in [5.74, 6) is 0.306. The molecule has 5 aliphatic carbocycles. The van der Waals surface area contributed by atoms with Crippen molar-refractivity contribution in [1.82, 2.24) is 5.32 Å². The van der Waals surface area contributed by atoms with E-state index in [2.05, 4.69) is 46.0 Å². The molecule has 1 N–H and O–H groups in total. The van der Waals surface area contributed by atoms with Crippen LogP contribution in [0.4, 0.5) is 4.39 Å². The maximum Gasteiger partial charge on any atom is 0.220 e. The van der Waals surface area contributed by atoms with Crippen molar-refractivity contribution in [3.8, 4) is 6.07 Å². The van der Waals surface area contributed by atoms with Crippen molar-refractivity contribution >= 4 is 17.5 Å². The Kier molecular flexibility index (Phi) is 6.80. The van der Waals surface area contributed by atoms with Crippen molar-refractivity contribution in [2.45, 2.75) is 106 Å². The Morgan fingerprint density at radius 3 is 2.33 bits per heavy atom. The highest BCUT2D eigenvalue weighted by atomic mass is 19.1. The SMILES string of the molecule is CC1(C)CC[C@]2(CC(=O)NCCF)CC[C@]3(C)C(C(=O)C[C@@H]4[C@@]5(C)C=C(C#N)C(=O)C(C)(C)[C@@H]5CC[C@]43C)C2C1. The lowest BCUT2D eigenvalue weighted by Gasteiger charge is -2.72. The zero-order valence-corrected chi connectivity index (χ0v) is 25.7. The van der Waals surface area contributed by atoms with E-state index in [-0.39, 0.29) is 69.1 Å². The first-order valence-corrected chi connectivity index (χ1v) is 15.5. The summed E-state index contributed by atoms with van der Waals surface area (Å²) in [6.45, 7) is 15.0. The number of nitriles is 1. The summed E-state index contributed by atoms with van der Waals surface area (Å²) >= 11 is 0. The number of nitrogens with zero attached hydrogens (tertiary/aromatic N) is 1. The molecule has 2 unspecified atom stereocenters. The van der Waals surface area contributed by atoms with E-state index in [0.29, 0.717) is 18.6 Å². The Morgan fingerprint density at radius 2 is 1.68 bits per heavy atom. The lowest BCUT2D eigenvalue weighted by atomic mass is 9.31. The van der Waals surface area contributed by atoms with Crippen LogP contribution in [0.25, 0.3) is 0 Å². The van der Waals surface area contributed by atoms with Crippen LogP contribution in [0, 0.1) is 67.5 Å². The molecule has 5 aliphatic rings. The molecular weight excluding hydrogens is 503 g/mol. The summed E-state index contributed by atoms with van der Waals surface area (Å²) in [6, 6.07) is 2.20. The maximum absolute atomic E-state index is 14.6. The molecule has 8 atom stereocenters. The molecule has 220 valence electrons. The van der Waals surface area contributed by atoms with E-state index in [9.17, 15) is 24.0 Å². The Hall–Kier alpha value is -2.03. The van der Waals surface area contributed by atoms with E-state index in [4.69, 9.17) is 0 Å². The third kappa shape index (κ3) is 3.92. The molecule has 5 nitrogen and oxygen atoms in total. The normalized spacial score (nSPS) is 45.1. The van der Waals surface area contributed by atoms with Gasteiger partial charge in [-0.2, -0.15) is 5.26 Å². The number of amides is 1. The minimum atomic E-state index is -0.640. The second-order valence-corrected chi connectivity index (χ2v) is 16.3. The fraction of sp³-hybridized carbons (Fsp3) is 0.824. The van der Waals surface area contributed by atoms with Gasteiger partial charge in [0.2, 0.25) is 5.91 Å². The molecule has 0 aromatic carbocycles. The molecule has 5 rings (SSSR count). The maximum atomic E-state index is 14.6. The molecule has 0 radical (unpaired) electrons. The largest absolute Gasteiger partial charge is 0.353 e. The zero-order valence-electron chi connectivity index (χ0n) is 25.7. The summed E-state index contributed by atoms with van der Waals surface area (Å²) in [6.07, 6.45) is 9.34. The summed E-state index contributed by atoms with van der Waals surface area (Å²) < 4.78 is 12.9. The summed E-state index contributed by atoms with van der Waals surface area (Å²) in [7, 11) is 0. The summed E-state index contributed by atoms with van der Waals surface area (Å²) in [4.78, 5) is 40.9. The molecule has 0 heterocycles. The third-order valence-corrected chi connectivity index (χ3v) is 13.6. The van der Waals surface area contributed by atoms with Crippen LogP contribution < -0.4 is 5.32 Å². The second kappa shape index (κ2) is 9.23. The number of carbonyl (C=O) groups is 3. The van der Waals surface area contributed by atoms with Gasteiger partial charge in [0.1, 0.15) is 18.5 Å². The van der Waals surface area contributed by atoms with Crippen LogP contribution >= 0.6 is 0 Å². The molecule has 0 bridgehead atoms. The smallest absolute Gasteiger partial charge is 0.220 e. The molecule has 0 saturated heterocycles. The summed E-state index contributed by atoms with van der Waals surface area (Å²) in [5.41, 5.74) is -1.29. The number of fused-ring (bicyclic) bond motifs is 7. The predicted octanol–water partition coefficient (Wildman–Crippen LogP) is 6.76. The van der Waals surface area contributed by atoms with Gasteiger partial charge in [0.15, 0.2) is 5.78 Å². The molecule has 6 heteroatoms. The standard InChI is InChI=1S/C34H49FN2O3/c1-29(2)10-12-34(19-26(39)37-15-14-35)13-11-33(7)27(22(34)18-29)23(38)16-25-31(5)17-21(20-36)28(40)30(3,4)24(31)8-9-32(25,33)6/h17,22,24-25,27H,8-16,18-19H2,1-7H3,(H,37,39)/t22?,24-,25+,27?,31-,32+,33+,34+/m0/s1. The van der Waals surface area contributed by atoms with Gasteiger partial charge in [-0.3, -0.25) is 14.4 Å². The number of Topliss-reactive ketones (excluding diaryl/α,β-unsaturated/α-hetero) is 2. The van der Waals surface area contributed by atoms with Gasteiger partial charge in [0, 0.05) is 30.7 Å². The number of allylic oxidation sites excluding steroid dienone is 2. The van der Waals surface area contributed by atoms with Crippen molar-refractivity contribution in [3.05, 3.63) is 11.6 Å². The number of hydrogen-bond acceptors (Lipinski definition) is 4. The highest BCUT2D eigenvalue weighted by Gasteiger charge is 2.72. The molecule has 40 heavy (non-hydrogen) atoms. The topological polar surface area (TPSA) is 87.0 Å². The van der Waals surface area contributed by atoms with Crippen LogP contribution in [0.1, 0.15) is 106 Å². The van der Waals surface area contributed by atoms with Crippen LogP contribution in [0.5, 0.6) is 0 Å². The van der Waals surface area contributed by atoms with Crippen LogP contribution in [0.3, 0.4) is 0 Å². The number of ketones is 2. The van der Waals surface area contributed by atoms with E-state index >= 15 is 0 Å². The first-order chi connectivity index (χ1) is 18.5. The zero-order chi connectivity index (χ0) is 29.5. The van der Waals surface area contributed by atoms with E-state index in [1.165, 1.54) is 0 Å². The van der Waals surface area contributed by atoms with Gasteiger partial charge in [0.05, 0.1) is 5.57 Å². The fourth-order valence-electron chi connectivity index (χ4n) is 11.3. The molecule has 0 spiro atoms. The van der Waals surface area contributed by atoms with Crippen LogP contribution in [-0.4, -0.2) is 30.7 Å². The number of alkyl halides is 1. The molecule has 4 saturated carbocycles. The molecule has 4 fully saturated rings. The van der Waals surface area contributed by atoms with Crippen LogP contribution in [0.15, 0.2) is 11.6 Å². The number of rotatable bonds is 4. The van der Waals surface area contributed by atoms with Gasteiger partial charge in [-0.25, -0.2) is 4.39 Å². The van der Waals surface area contributed by atoms with Gasteiger partial charge < -0.3 is 5.32 Å². The first-order valence-electron chi connectivity index (χ1n) is 15.5. The van der Waals surface area contributed by atoms with E-state index in [0.717, 1.165) is 44.9 Å². The van der Waals surface area contributed by atoms with Crippen molar-refractivity contribution in [1.29, 1.82) is 5.26 Å². The Bertz CT molecular complexity index is 1200. The van der Waals surface area contributed by atoms with Gasteiger partial charge >= 0.3 is 0 Å². The van der Waals surface area contributed by atoms with Gasteiger partial charge in [-0.15, -0.1) is 0 Å². The Labute approximate surface area is 240 Å². The van der Waals surface area contributed by atoms with Gasteiger partial charge in [-0.05, 0) is 89.8 Å². The number of halogens is 1. The lowest BCUT2D eigenvalue weighted by Crippen LogP contribution is -2.68. The van der Waals surface area contributed by atoms with Crippen molar-refractivity contribution < 1.29 is 18.8 Å². The fourth-order valence-corrected chi connectivity index (χ4v) is 11.3. The minimum Gasteiger partial charge on any atom is -0.353 e. The minimum absolute atomic E-state index is 0.0434. The van der Waals surface area contributed by atoms with Crippen molar-refractivity contribution in [2.24, 2.45) is 56.2 Å². The quantitative estimate of drug-likeness (QED) is 0.417. The first kappa shape index (κ1) is 29.5. The highest BCUT2D eigenvalue weighted by molar-refractivity contribution is 6.04. The van der Waals surface area contributed by atoms with Crippen molar-refractivity contribution in [2.75, 3.05) is 13.2 Å². The molecule has 0 aromatic heterocycles. The second-order valence-electron chi connectivity index (χ2n) is 16.3. The predicted molar refractivity (Wildman–Crippen MR) is 153 cm³/mol. The molecular formula is C34H49FN2O3. The number of nitrogens with one attached hydrogen (secondary N) is 1. The Balaban J connectivity index is 1.58. The van der Waals surface area contributed by atoms with Gasteiger partial charge in [-0.1, -0.05) is 54.5 Å². The number of hydrogen-bond donors (Lipinski definition) is 1. The van der Waals surface area contributed by atoms with Crippen LogP contribution in [0.2, 0.25) is 0 Å². The molecule has 1 amide bonds. The Morgan fingerprint density at radius 1 is 1.00 bits per heavy atom. The highest BCUT2D eigenvalue weighted by Crippen LogP contribution is 2.76. The van der Waals surface area contributed by atoms with E-state index in [1.54, 1.807) is 0 Å². The van der Waals surface area contributed by atoms with E-state index < -0.39 is 17.5 Å². The van der Waals surface area contributed by atoms with Gasteiger partial charge in [0.25, 0.3) is 0 Å². The summed E-state index contributed by atoms with van der Waals surface area (Å²) in [5, 5.41) is 12.7. The average Bonchev–Trinajstić information content (AvgIpc) is 2.87. The number of carbonyl (C=O) groups excluding carboxylic acids is 3. The van der Waals surface area contributed by atoms with Crippen molar-refractivity contribution in [3.63, 3.8) is 0 Å². The lowest BCUT2D eigenvalue weighted by molar-refractivity contribution is -0.223. The monoisotopic (exact) mass is 552 g/mol. The molecule has 0 aliphatic heterocycles. The third-order valence-electron chi connectivity index (χ3n) is 13.6. The average molecular weight is 553 g/mol. The van der Waals surface area contributed by atoms with E-state index in [1.807, 2.05) is 19.9 Å². The van der Waals surface area contributed by atoms with Crippen LogP contribution in [-0.2, 0) is 14.4 Å².